The second-order valence-corrected chi connectivity index (χ2v) is 6.00. The molecule has 1 aromatic heterocycles. The lowest BCUT2D eigenvalue weighted by atomic mass is 10.1. The Labute approximate surface area is 120 Å². The lowest BCUT2D eigenvalue weighted by molar-refractivity contribution is 0.0234. The van der Waals surface area contributed by atoms with Crippen molar-refractivity contribution in [2.45, 2.75) is 45.8 Å². The van der Waals surface area contributed by atoms with Gasteiger partial charge in [0.2, 0.25) is 0 Å². The Morgan fingerprint density at radius 2 is 2.30 bits per heavy atom. The summed E-state index contributed by atoms with van der Waals surface area (Å²) >= 11 is 0. The van der Waals surface area contributed by atoms with E-state index >= 15 is 0 Å². The molecular formula is C15H23N3O2. The van der Waals surface area contributed by atoms with Crippen molar-refractivity contribution in [3.05, 3.63) is 24.3 Å². The first-order valence-electron chi connectivity index (χ1n) is 7.08. The van der Waals surface area contributed by atoms with Gasteiger partial charge >= 0.3 is 6.09 Å². The Kier molecular flexibility index (Phi) is 4.16. The molecule has 0 radical (unpaired) electrons. The van der Waals surface area contributed by atoms with Crippen LogP contribution in [-0.4, -0.2) is 39.2 Å². The minimum absolute atomic E-state index is 0.227. The quantitative estimate of drug-likeness (QED) is 0.853. The van der Waals surface area contributed by atoms with Crippen molar-refractivity contribution in [2.75, 3.05) is 13.1 Å². The number of allylic oxidation sites excluding steroid dienone is 1. The Balaban J connectivity index is 2.04. The van der Waals surface area contributed by atoms with Crippen molar-refractivity contribution in [1.82, 2.24) is 14.5 Å². The van der Waals surface area contributed by atoms with E-state index in [0.29, 0.717) is 13.1 Å². The summed E-state index contributed by atoms with van der Waals surface area (Å²) in [5, 5.41) is 0. The van der Waals surface area contributed by atoms with E-state index in [1.165, 1.54) is 0 Å². The van der Waals surface area contributed by atoms with Crippen molar-refractivity contribution < 1.29 is 9.53 Å². The van der Waals surface area contributed by atoms with E-state index in [-0.39, 0.29) is 12.1 Å². The highest BCUT2D eigenvalue weighted by Gasteiger charge is 2.25. The number of hydrogen-bond acceptors (Lipinski definition) is 3. The zero-order valence-corrected chi connectivity index (χ0v) is 12.7. The smallest absolute Gasteiger partial charge is 0.410 e. The van der Waals surface area contributed by atoms with Crippen molar-refractivity contribution >= 4 is 12.2 Å². The lowest BCUT2D eigenvalue weighted by Crippen LogP contribution is -2.40. The average Bonchev–Trinajstić information content (AvgIpc) is 2.82. The molecular weight excluding hydrogens is 254 g/mol. The van der Waals surface area contributed by atoms with Crippen LogP contribution >= 0.6 is 0 Å². The summed E-state index contributed by atoms with van der Waals surface area (Å²) in [6, 6.07) is 0.227. The van der Waals surface area contributed by atoms with Crippen LogP contribution in [0.5, 0.6) is 0 Å². The van der Waals surface area contributed by atoms with Gasteiger partial charge in [0, 0.05) is 25.5 Å². The molecule has 0 saturated heterocycles. The van der Waals surface area contributed by atoms with Crippen LogP contribution in [0.15, 0.2) is 18.5 Å². The topological polar surface area (TPSA) is 47.4 Å². The molecule has 1 atom stereocenters. The van der Waals surface area contributed by atoms with Gasteiger partial charge in [-0.1, -0.05) is 6.08 Å². The molecule has 2 heterocycles. The lowest BCUT2D eigenvalue weighted by Gasteiger charge is -2.31. The molecule has 0 spiro atoms. The van der Waals surface area contributed by atoms with Crippen molar-refractivity contribution in [2.24, 2.45) is 0 Å². The molecule has 1 aliphatic heterocycles. The maximum Gasteiger partial charge on any atom is 0.410 e. The van der Waals surface area contributed by atoms with Crippen LogP contribution < -0.4 is 0 Å². The van der Waals surface area contributed by atoms with Crippen LogP contribution in [0.25, 0.3) is 6.08 Å². The van der Waals surface area contributed by atoms with Crippen LogP contribution in [0.1, 0.15) is 46.0 Å². The van der Waals surface area contributed by atoms with E-state index in [0.717, 1.165) is 12.2 Å². The van der Waals surface area contributed by atoms with E-state index in [2.05, 4.69) is 15.6 Å². The van der Waals surface area contributed by atoms with E-state index in [4.69, 9.17) is 4.74 Å². The number of nitrogens with zero attached hydrogens (tertiary/aromatic N) is 3. The van der Waals surface area contributed by atoms with Gasteiger partial charge in [-0.3, -0.25) is 0 Å². The van der Waals surface area contributed by atoms with Gasteiger partial charge in [-0.15, -0.1) is 0 Å². The van der Waals surface area contributed by atoms with Gasteiger partial charge < -0.3 is 14.2 Å². The number of likely N-dealkylation sites (N-methyl/N-ethyl adjacent to an activating group) is 1. The maximum atomic E-state index is 12.2. The average molecular weight is 277 g/mol. The van der Waals surface area contributed by atoms with Crippen molar-refractivity contribution in [1.29, 1.82) is 0 Å². The highest BCUT2D eigenvalue weighted by Crippen LogP contribution is 2.23. The summed E-state index contributed by atoms with van der Waals surface area (Å²) in [4.78, 5) is 18.2. The molecule has 2 rings (SSSR count). The van der Waals surface area contributed by atoms with Crippen LogP contribution in [-0.2, 0) is 4.74 Å². The SMILES string of the molecule is CCN(CC1CC=Cc2nccn21)C(=O)OC(C)(C)C. The molecule has 0 aliphatic carbocycles. The fourth-order valence-corrected chi connectivity index (χ4v) is 2.28. The van der Waals surface area contributed by atoms with Gasteiger partial charge in [0.1, 0.15) is 11.4 Å². The van der Waals surface area contributed by atoms with E-state index in [1.807, 2.05) is 40.0 Å². The standard InChI is InChI=1S/C15H23N3O2/c1-5-17(14(19)20-15(2,3)4)11-12-7-6-8-13-16-9-10-18(12)13/h6,8-10,12H,5,7,11H2,1-4H3. The van der Waals surface area contributed by atoms with Crippen LogP contribution in [0, 0.1) is 0 Å². The number of ether oxygens (including phenoxy) is 1. The molecule has 5 nitrogen and oxygen atoms in total. The number of carbonyl (C=O) groups excluding carboxylic acids is 1. The number of aromatic nitrogens is 2. The fraction of sp³-hybridized carbons (Fsp3) is 0.600. The molecule has 1 unspecified atom stereocenters. The van der Waals surface area contributed by atoms with Crippen molar-refractivity contribution in [3.8, 4) is 0 Å². The highest BCUT2D eigenvalue weighted by atomic mass is 16.6. The van der Waals surface area contributed by atoms with E-state index < -0.39 is 5.60 Å². The fourth-order valence-electron chi connectivity index (χ4n) is 2.28. The normalized spacial score (nSPS) is 17.7. The molecule has 20 heavy (non-hydrogen) atoms. The summed E-state index contributed by atoms with van der Waals surface area (Å²) < 4.78 is 7.56. The monoisotopic (exact) mass is 277 g/mol. The highest BCUT2D eigenvalue weighted by molar-refractivity contribution is 5.68. The number of amides is 1. The number of fused-ring (bicyclic) bond motifs is 1. The second-order valence-electron chi connectivity index (χ2n) is 6.00. The molecule has 0 saturated carbocycles. The molecule has 0 aromatic carbocycles. The Hall–Kier alpha value is -1.78. The summed E-state index contributed by atoms with van der Waals surface area (Å²) in [6.45, 7) is 8.90. The molecule has 5 heteroatoms. The molecule has 0 bridgehead atoms. The third-order valence-electron chi connectivity index (χ3n) is 3.23. The molecule has 1 amide bonds. The number of rotatable bonds is 3. The summed E-state index contributed by atoms with van der Waals surface area (Å²) in [5.74, 6) is 0.946. The van der Waals surface area contributed by atoms with Gasteiger partial charge in [-0.25, -0.2) is 9.78 Å². The van der Waals surface area contributed by atoms with Gasteiger partial charge in [-0.05, 0) is 40.2 Å². The Morgan fingerprint density at radius 1 is 1.55 bits per heavy atom. The van der Waals surface area contributed by atoms with Gasteiger partial charge in [-0.2, -0.15) is 0 Å². The zero-order chi connectivity index (χ0) is 14.8. The summed E-state index contributed by atoms with van der Waals surface area (Å²) in [7, 11) is 0. The van der Waals surface area contributed by atoms with E-state index in [9.17, 15) is 4.79 Å². The molecule has 1 aromatic rings. The second kappa shape index (κ2) is 5.69. The minimum Gasteiger partial charge on any atom is -0.444 e. The predicted octanol–water partition coefficient (Wildman–Crippen LogP) is 3.10. The first-order valence-corrected chi connectivity index (χ1v) is 7.08. The minimum atomic E-state index is -0.461. The first kappa shape index (κ1) is 14.6. The van der Waals surface area contributed by atoms with Gasteiger partial charge in [0.25, 0.3) is 0 Å². The summed E-state index contributed by atoms with van der Waals surface area (Å²) in [6.07, 6.45) is 8.53. The first-order chi connectivity index (χ1) is 9.40. The molecule has 110 valence electrons. The molecule has 1 aliphatic rings. The number of carbonyl (C=O) groups is 1. The predicted molar refractivity (Wildman–Crippen MR) is 78.4 cm³/mol. The Bertz CT molecular complexity index is 499. The maximum absolute atomic E-state index is 12.2. The molecule has 0 fully saturated rings. The summed E-state index contributed by atoms with van der Waals surface area (Å²) in [5.41, 5.74) is -0.461. The third kappa shape index (κ3) is 3.40. The molecule has 0 N–H and O–H groups in total. The van der Waals surface area contributed by atoms with E-state index in [1.54, 1.807) is 11.1 Å². The van der Waals surface area contributed by atoms with Crippen LogP contribution in [0.3, 0.4) is 0 Å². The zero-order valence-electron chi connectivity index (χ0n) is 12.7. The Morgan fingerprint density at radius 3 is 2.95 bits per heavy atom. The number of hydrogen-bond donors (Lipinski definition) is 0. The number of imidazole rings is 1. The van der Waals surface area contributed by atoms with Gasteiger partial charge in [0.15, 0.2) is 0 Å². The van der Waals surface area contributed by atoms with Crippen LogP contribution in [0.4, 0.5) is 4.79 Å². The van der Waals surface area contributed by atoms with Crippen LogP contribution in [0.2, 0.25) is 0 Å². The largest absolute Gasteiger partial charge is 0.444 e. The van der Waals surface area contributed by atoms with Gasteiger partial charge in [0.05, 0.1) is 6.04 Å². The third-order valence-corrected chi connectivity index (χ3v) is 3.23. The van der Waals surface area contributed by atoms with Crippen molar-refractivity contribution in [3.63, 3.8) is 0 Å².